The van der Waals surface area contributed by atoms with E-state index in [0.717, 1.165) is 17.0 Å². The summed E-state index contributed by atoms with van der Waals surface area (Å²) < 4.78 is 0. The molecule has 0 atom stereocenters. The number of pyridine rings is 1. The van der Waals surface area contributed by atoms with Crippen molar-refractivity contribution in [1.29, 1.82) is 0 Å². The molecule has 0 fully saturated rings. The van der Waals surface area contributed by atoms with E-state index < -0.39 is 0 Å². The smallest absolute Gasteiger partial charge is 0.179 e. The lowest BCUT2D eigenvalue weighted by Crippen LogP contribution is -1.94. The molecule has 2 rings (SSSR count). The van der Waals surface area contributed by atoms with Crippen LogP contribution in [0.5, 0.6) is 0 Å². The zero-order chi connectivity index (χ0) is 10.8. The van der Waals surface area contributed by atoms with Crippen LogP contribution in [0.25, 0.3) is 11.5 Å². The zero-order valence-electron chi connectivity index (χ0n) is 8.53. The van der Waals surface area contributed by atoms with Crippen molar-refractivity contribution in [1.82, 2.24) is 15.0 Å². The van der Waals surface area contributed by atoms with E-state index in [0.29, 0.717) is 11.0 Å². The van der Waals surface area contributed by atoms with Crippen molar-refractivity contribution < 1.29 is 0 Å². The second-order valence-corrected chi connectivity index (χ2v) is 3.69. The fourth-order valence-electron chi connectivity index (χ4n) is 1.22. The Morgan fingerprint density at radius 1 is 1.07 bits per heavy atom. The molecule has 0 aromatic carbocycles. The van der Waals surface area contributed by atoms with Crippen LogP contribution in [0, 0.1) is 13.8 Å². The zero-order valence-corrected chi connectivity index (χ0v) is 9.28. The Labute approximate surface area is 93.2 Å². The van der Waals surface area contributed by atoms with Crippen LogP contribution in [0.3, 0.4) is 0 Å². The Hall–Kier alpha value is -1.48. The predicted octanol–water partition coefficient (Wildman–Crippen LogP) is 2.81. The quantitative estimate of drug-likeness (QED) is 0.693. The van der Waals surface area contributed by atoms with E-state index in [1.165, 1.54) is 0 Å². The maximum Gasteiger partial charge on any atom is 0.179 e. The van der Waals surface area contributed by atoms with Crippen LogP contribution in [-0.4, -0.2) is 15.0 Å². The van der Waals surface area contributed by atoms with Crippen molar-refractivity contribution in [2.45, 2.75) is 13.8 Å². The van der Waals surface area contributed by atoms with Gasteiger partial charge in [-0.15, -0.1) is 0 Å². The number of nitrogens with zero attached hydrogens (tertiary/aromatic N) is 3. The van der Waals surface area contributed by atoms with Crippen LogP contribution < -0.4 is 0 Å². The molecular weight excluding hydrogens is 210 g/mol. The molecule has 76 valence electrons. The first-order valence-corrected chi connectivity index (χ1v) is 4.98. The van der Waals surface area contributed by atoms with Gasteiger partial charge in [0.2, 0.25) is 0 Å². The fourth-order valence-corrected chi connectivity index (χ4v) is 1.35. The molecule has 15 heavy (non-hydrogen) atoms. The molecule has 0 spiro atoms. The van der Waals surface area contributed by atoms with Gasteiger partial charge in [0.05, 0.1) is 0 Å². The second-order valence-electron chi connectivity index (χ2n) is 3.30. The molecule has 2 aromatic rings. The highest BCUT2D eigenvalue weighted by molar-refractivity contribution is 6.29. The summed E-state index contributed by atoms with van der Waals surface area (Å²) in [5, 5.41) is 0.431. The van der Waals surface area contributed by atoms with Crippen LogP contribution in [0.1, 0.15) is 11.3 Å². The molecule has 0 saturated carbocycles. The van der Waals surface area contributed by atoms with Gasteiger partial charge in [0, 0.05) is 11.9 Å². The van der Waals surface area contributed by atoms with Crippen molar-refractivity contribution in [3.63, 3.8) is 0 Å². The summed E-state index contributed by atoms with van der Waals surface area (Å²) in [6, 6.07) is 5.54. The molecule has 3 nitrogen and oxygen atoms in total. The summed E-state index contributed by atoms with van der Waals surface area (Å²) in [6.45, 7) is 3.98. The minimum Gasteiger partial charge on any atom is -0.250 e. The molecule has 0 amide bonds. The van der Waals surface area contributed by atoms with Crippen molar-refractivity contribution in [3.8, 4) is 11.5 Å². The number of aromatic nitrogens is 3. The third kappa shape index (κ3) is 2.13. The normalized spacial score (nSPS) is 10.3. The van der Waals surface area contributed by atoms with E-state index in [1.54, 1.807) is 12.3 Å². The summed E-state index contributed by atoms with van der Waals surface area (Å²) in [7, 11) is 0. The lowest BCUT2D eigenvalue weighted by Gasteiger charge is -2.02. The van der Waals surface area contributed by atoms with Gasteiger partial charge in [0.1, 0.15) is 10.8 Å². The highest BCUT2D eigenvalue weighted by Gasteiger charge is 2.04. The third-order valence-electron chi connectivity index (χ3n) is 2.20. The van der Waals surface area contributed by atoms with Gasteiger partial charge >= 0.3 is 0 Å². The van der Waals surface area contributed by atoms with E-state index in [9.17, 15) is 0 Å². The molecule has 0 aliphatic rings. The molecule has 0 N–H and O–H groups in total. The number of aryl methyl sites for hydroxylation is 2. The van der Waals surface area contributed by atoms with E-state index in [1.807, 2.05) is 26.0 Å². The minimum atomic E-state index is 0.431. The van der Waals surface area contributed by atoms with E-state index in [2.05, 4.69) is 15.0 Å². The van der Waals surface area contributed by atoms with Crippen molar-refractivity contribution in [2.24, 2.45) is 0 Å². The first-order chi connectivity index (χ1) is 7.16. The van der Waals surface area contributed by atoms with Crippen LogP contribution >= 0.6 is 11.6 Å². The Morgan fingerprint density at radius 3 is 2.53 bits per heavy atom. The predicted molar refractivity (Wildman–Crippen MR) is 59.7 cm³/mol. The highest BCUT2D eigenvalue weighted by atomic mass is 35.5. The topological polar surface area (TPSA) is 38.7 Å². The molecule has 2 aromatic heterocycles. The monoisotopic (exact) mass is 219 g/mol. The molecule has 0 unspecified atom stereocenters. The molecule has 0 aliphatic carbocycles. The molecule has 2 heterocycles. The first kappa shape index (κ1) is 10.1. The summed E-state index contributed by atoms with van der Waals surface area (Å²) in [6.07, 6.45) is 1.63. The number of hydrogen-bond acceptors (Lipinski definition) is 3. The number of halogens is 1. The average molecular weight is 220 g/mol. The average Bonchev–Trinajstić information content (AvgIpc) is 2.22. The highest BCUT2D eigenvalue weighted by Crippen LogP contribution is 2.15. The van der Waals surface area contributed by atoms with Crippen LogP contribution in [-0.2, 0) is 0 Å². The minimum absolute atomic E-state index is 0.431. The van der Waals surface area contributed by atoms with E-state index in [-0.39, 0.29) is 0 Å². The van der Waals surface area contributed by atoms with E-state index in [4.69, 9.17) is 11.6 Å². The molecule has 0 aliphatic heterocycles. The van der Waals surface area contributed by atoms with Crippen LogP contribution in [0.15, 0.2) is 24.4 Å². The lowest BCUT2D eigenvalue weighted by molar-refractivity contribution is 1.10. The van der Waals surface area contributed by atoms with E-state index >= 15 is 0 Å². The Balaban J connectivity index is 2.50. The van der Waals surface area contributed by atoms with Gasteiger partial charge in [-0.05, 0) is 31.5 Å². The third-order valence-corrected chi connectivity index (χ3v) is 2.41. The van der Waals surface area contributed by atoms with Crippen LogP contribution in [0.2, 0.25) is 5.15 Å². The maximum absolute atomic E-state index is 5.79. The van der Waals surface area contributed by atoms with Crippen molar-refractivity contribution >= 4 is 11.6 Å². The van der Waals surface area contributed by atoms with Gasteiger partial charge in [0.15, 0.2) is 5.82 Å². The summed E-state index contributed by atoms with van der Waals surface area (Å²) in [5.74, 6) is 0.561. The first-order valence-electron chi connectivity index (χ1n) is 4.60. The maximum atomic E-state index is 5.79. The van der Waals surface area contributed by atoms with Crippen LogP contribution in [0.4, 0.5) is 0 Å². The lowest BCUT2D eigenvalue weighted by atomic mass is 10.2. The molecule has 0 bridgehead atoms. The van der Waals surface area contributed by atoms with Gasteiger partial charge in [-0.25, -0.2) is 15.0 Å². The Morgan fingerprint density at radius 2 is 1.87 bits per heavy atom. The molecular formula is C11H10ClN3. The SMILES string of the molecule is Cc1ccc(-c2nccc(Cl)n2)nc1C. The van der Waals surface area contributed by atoms with Crippen molar-refractivity contribution in [3.05, 3.63) is 40.8 Å². The van der Waals surface area contributed by atoms with Crippen molar-refractivity contribution in [2.75, 3.05) is 0 Å². The summed E-state index contributed by atoms with van der Waals surface area (Å²) >= 11 is 5.79. The number of rotatable bonds is 1. The van der Waals surface area contributed by atoms with Gasteiger partial charge in [-0.2, -0.15) is 0 Å². The standard InChI is InChI=1S/C11H10ClN3/c1-7-3-4-9(14-8(7)2)11-13-6-5-10(12)15-11/h3-6H,1-2H3. The van der Waals surface area contributed by atoms with Gasteiger partial charge in [-0.1, -0.05) is 17.7 Å². The van der Waals surface area contributed by atoms with Gasteiger partial charge < -0.3 is 0 Å². The molecule has 0 saturated heterocycles. The largest absolute Gasteiger partial charge is 0.250 e. The Kier molecular flexibility index (Phi) is 2.64. The van der Waals surface area contributed by atoms with Gasteiger partial charge in [-0.3, -0.25) is 0 Å². The fraction of sp³-hybridized carbons (Fsp3) is 0.182. The van der Waals surface area contributed by atoms with Gasteiger partial charge in [0.25, 0.3) is 0 Å². The molecule has 0 radical (unpaired) electrons. The number of hydrogen-bond donors (Lipinski definition) is 0. The second kappa shape index (κ2) is 3.95. The molecule has 4 heteroatoms. The summed E-state index contributed by atoms with van der Waals surface area (Å²) in [4.78, 5) is 12.6. The summed E-state index contributed by atoms with van der Waals surface area (Å²) in [5.41, 5.74) is 2.89. The Bertz CT molecular complexity index is 497.